The zero-order valence-electron chi connectivity index (χ0n) is 10.1. The third-order valence-corrected chi connectivity index (χ3v) is 3.42. The lowest BCUT2D eigenvalue weighted by molar-refractivity contribution is 0.0534. The van der Waals surface area contributed by atoms with Crippen LogP contribution in [0.5, 0.6) is 0 Å². The van der Waals surface area contributed by atoms with E-state index in [0.717, 1.165) is 12.3 Å². The van der Waals surface area contributed by atoms with Gasteiger partial charge in [-0.05, 0) is 37.8 Å². The second-order valence-electron chi connectivity index (χ2n) is 4.62. The van der Waals surface area contributed by atoms with E-state index in [0.29, 0.717) is 12.1 Å². The molecule has 2 atom stereocenters. The minimum atomic E-state index is 0.366. The van der Waals surface area contributed by atoms with Gasteiger partial charge in [0.1, 0.15) is 0 Å². The van der Waals surface area contributed by atoms with E-state index in [1.54, 1.807) is 0 Å². The van der Waals surface area contributed by atoms with Crippen molar-refractivity contribution in [2.45, 2.75) is 31.4 Å². The highest BCUT2D eigenvalue weighted by Crippen LogP contribution is 2.36. The number of ether oxygens (including phenoxy) is 1. The van der Waals surface area contributed by atoms with E-state index in [-0.39, 0.29) is 0 Å². The Morgan fingerprint density at radius 1 is 1.31 bits per heavy atom. The summed E-state index contributed by atoms with van der Waals surface area (Å²) >= 11 is 0. The predicted molar refractivity (Wildman–Crippen MR) is 66.5 cm³/mol. The van der Waals surface area contributed by atoms with Gasteiger partial charge < -0.3 is 10.1 Å². The zero-order chi connectivity index (χ0) is 11.4. The molecule has 0 saturated heterocycles. The Morgan fingerprint density at radius 3 is 2.50 bits per heavy atom. The molecule has 2 rings (SSSR count). The van der Waals surface area contributed by atoms with Crippen LogP contribution in [-0.2, 0) is 11.2 Å². The van der Waals surface area contributed by atoms with Crippen molar-refractivity contribution >= 4 is 0 Å². The predicted octanol–water partition coefficient (Wildman–Crippen LogP) is 2.24. The van der Waals surface area contributed by atoms with Gasteiger partial charge in [0.2, 0.25) is 0 Å². The van der Waals surface area contributed by atoms with Crippen LogP contribution in [0.2, 0.25) is 0 Å². The minimum Gasteiger partial charge on any atom is -0.380 e. The number of likely N-dealkylation sites (N-methyl/N-ethyl adjacent to an activating group) is 1. The van der Waals surface area contributed by atoms with Gasteiger partial charge in [-0.2, -0.15) is 0 Å². The fourth-order valence-corrected chi connectivity index (χ4v) is 2.36. The fraction of sp³-hybridized carbons (Fsp3) is 0.571. The molecule has 0 aliphatic heterocycles. The van der Waals surface area contributed by atoms with Crippen molar-refractivity contribution < 1.29 is 4.74 Å². The zero-order valence-corrected chi connectivity index (χ0v) is 10.1. The van der Waals surface area contributed by atoms with E-state index in [4.69, 9.17) is 4.74 Å². The van der Waals surface area contributed by atoms with Crippen LogP contribution in [0.1, 0.15) is 18.4 Å². The summed E-state index contributed by atoms with van der Waals surface area (Å²) in [6.07, 6.45) is 4.06. The first-order valence-electron chi connectivity index (χ1n) is 6.09. The molecule has 1 aromatic rings. The second kappa shape index (κ2) is 5.46. The summed E-state index contributed by atoms with van der Waals surface area (Å²) in [6.45, 7) is 0. The van der Waals surface area contributed by atoms with Crippen LogP contribution in [0.3, 0.4) is 0 Å². The van der Waals surface area contributed by atoms with Crippen molar-refractivity contribution in [1.82, 2.24) is 5.32 Å². The Kier molecular flexibility index (Phi) is 3.97. The van der Waals surface area contributed by atoms with Crippen LogP contribution in [0.15, 0.2) is 30.3 Å². The smallest absolute Gasteiger partial charge is 0.0755 e. The van der Waals surface area contributed by atoms with Crippen LogP contribution in [-0.4, -0.2) is 26.3 Å². The largest absolute Gasteiger partial charge is 0.380 e. The monoisotopic (exact) mass is 219 g/mol. The molecule has 1 aromatic carbocycles. The minimum absolute atomic E-state index is 0.366. The fourth-order valence-electron chi connectivity index (χ4n) is 2.36. The topological polar surface area (TPSA) is 21.3 Å². The molecule has 0 bridgehead atoms. The highest BCUT2D eigenvalue weighted by Gasteiger charge is 2.36. The summed E-state index contributed by atoms with van der Waals surface area (Å²) in [7, 11) is 3.86. The second-order valence-corrected chi connectivity index (χ2v) is 4.62. The molecule has 0 radical (unpaired) electrons. The molecule has 0 heterocycles. The van der Waals surface area contributed by atoms with E-state index < -0.39 is 0 Å². The van der Waals surface area contributed by atoms with Crippen molar-refractivity contribution in [2.24, 2.45) is 5.92 Å². The third-order valence-electron chi connectivity index (χ3n) is 3.42. The number of hydrogen-bond donors (Lipinski definition) is 1. The summed E-state index contributed by atoms with van der Waals surface area (Å²) in [4.78, 5) is 0. The molecule has 1 saturated carbocycles. The molecule has 0 spiro atoms. The Labute approximate surface area is 98.0 Å². The average molecular weight is 219 g/mol. The number of nitrogens with one attached hydrogen (secondary N) is 1. The van der Waals surface area contributed by atoms with Gasteiger partial charge in [0.15, 0.2) is 0 Å². The number of methoxy groups -OCH3 is 1. The van der Waals surface area contributed by atoms with E-state index >= 15 is 0 Å². The quantitative estimate of drug-likeness (QED) is 0.792. The maximum atomic E-state index is 5.64. The van der Waals surface area contributed by atoms with Gasteiger partial charge in [0, 0.05) is 13.2 Å². The number of benzene rings is 1. The van der Waals surface area contributed by atoms with Gasteiger partial charge in [-0.25, -0.2) is 0 Å². The summed E-state index contributed by atoms with van der Waals surface area (Å²) in [5, 5.41) is 3.40. The van der Waals surface area contributed by atoms with E-state index in [1.165, 1.54) is 18.4 Å². The molecular weight excluding hydrogens is 198 g/mol. The average Bonchev–Trinajstić information content (AvgIpc) is 3.14. The van der Waals surface area contributed by atoms with Gasteiger partial charge in [0.05, 0.1) is 6.10 Å². The Hall–Kier alpha value is -0.860. The molecule has 2 heteroatoms. The van der Waals surface area contributed by atoms with Crippen molar-refractivity contribution in [3.05, 3.63) is 35.9 Å². The molecule has 1 aliphatic rings. The summed E-state index contributed by atoms with van der Waals surface area (Å²) in [5.74, 6) is 0.770. The van der Waals surface area contributed by atoms with Crippen molar-refractivity contribution in [3.63, 3.8) is 0 Å². The molecule has 2 nitrogen and oxygen atoms in total. The first kappa shape index (κ1) is 11.6. The first-order chi connectivity index (χ1) is 7.85. The van der Waals surface area contributed by atoms with Gasteiger partial charge in [0.25, 0.3) is 0 Å². The SMILES string of the molecule is CNC(Cc1ccccc1)C(OC)C1CC1. The van der Waals surface area contributed by atoms with Crippen molar-refractivity contribution in [1.29, 1.82) is 0 Å². The van der Waals surface area contributed by atoms with Crippen LogP contribution in [0, 0.1) is 5.92 Å². The Bertz CT molecular complexity index is 308. The summed E-state index contributed by atoms with van der Waals surface area (Å²) in [6, 6.07) is 11.1. The molecule has 88 valence electrons. The number of rotatable bonds is 6. The van der Waals surface area contributed by atoms with Gasteiger partial charge in [-0.15, -0.1) is 0 Å². The maximum Gasteiger partial charge on any atom is 0.0755 e. The van der Waals surface area contributed by atoms with Gasteiger partial charge >= 0.3 is 0 Å². The van der Waals surface area contributed by atoms with Crippen LogP contribution >= 0.6 is 0 Å². The van der Waals surface area contributed by atoms with E-state index in [9.17, 15) is 0 Å². The van der Waals surface area contributed by atoms with E-state index in [2.05, 4.69) is 35.6 Å². The van der Waals surface area contributed by atoms with Gasteiger partial charge in [-0.3, -0.25) is 0 Å². The molecule has 1 N–H and O–H groups in total. The molecule has 2 unspecified atom stereocenters. The Balaban J connectivity index is 1.99. The Morgan fingerprint density at radius 2 is 2.00 bits per heavy atom. The molecule has 16 heavy (non-hydrogen) atoms. The first-order valence-corrected chi connectivity index (χ1v) is 6.09. The third kappa shape index (κ3) is 2.83. The summed E-state index contributed by atoms with van der Waals surface area (Å²) < 4.78 is 5.64. The molecule has 1 aliphatic carbocycles. The van der Waals surface area contributed by atoms with E-state index in [1.807, 2.05) is 14.2 Å². The van der Waals surface area contributed by atoms with Gasteiger partial charge in [-0.1, -0.05) is 30.3 Å². The van der Waals surface area contributed by atoms with Crippen LogP contribution < -0.4 is 5.32 Å². The molecule has 0 aromatic heterocycles. The summed E-state index contributed by atoms with van der Waals surface area (Å²) in [5.41, 5.74) is 1.38. The lowest BCUT2D eigenvalue weighted by Gasteiger charge is -2.25. The molecule has 1 fully saturated rings. The van der Waals surface area contributed by atoms with Crippen LogP contribution in [0.25, 0.3) is 0 Å². The van der Waals surface area contributed by atoms with Crippen molar-refractivity contribution in [2.75, 3.05) is 14.2 Å². The normalized spacial score (nSPS) is 19.4. The van der Waals surface area contributed by atoms with Crippen LogP contribution in [0.4, 0.5) is 0 Å². The van der Waals surface area contributed by atoms with Crippen molar-refractivity contribution in [3.8, 4) is 0 Å². The highest BCUT2D eigenvalue weighted by molar-refractivity contribution is 5.16. The molecular formula is C14H21NO. The lowest BCUT2D eigenvalue weighted by Crippen LogP contribution is -2.41. The maximum absolute atomic E-state index is 5.64. The highest BCUT2D eigenvalue weighted by atomic mass is 16.5. The standard InChI is InChI=1S/C14H21NO/c1-15-13(14(16-2)12-8-9-12)10-11-6-4-3-5-7-11/h3-7,12-15H,8-10H2,1-2H3. The molecule has 0 amide bonds. The lowest BCUT2D eigenvalue weighted by atomic mass is 9.98. The number of hydrogen-bond acceptors (Lipinski definition) is 2.